The lowest BCUT2D eigenvalue weighted by Crippen LogP contribution is -2.32. The SMILES string of the molecule is CC1COCOC(O)C1O. The molecule has 0 aromatic heterocycles. The average molecular weight is 148 g/mol. The van der Waals surface area contributed by atoms with E-state index in [4.69, 9.17) is 9.84 Å². The first kappa shape index (κ1) is 7.94. The van der Waals surface area contributed by atoms with Crippen LogP contribution in [0.1, 0.15) is 6.92 Å². The zero-order valence-electron chi connectivity index (χ0n) is 5.86. The van der Waals surface area contributed by atoms with Gasteiger partial charge in [-0.25, -0.2) is 0 Å². The largest absolute Gasteiger partial charge is 0.387 e. The maximum Gasteiger partial charge on any atom is 0.183 e. The van der Waals surface area contributed by atoms with Crippen molar-refractivity contribution in [2.75, 3.05) is 13.4 Å². The smallest absolute Gasteiger partial charge is 0.183 e. The molecule has 1 aliphatic rings. The number of hydrogen-bond donors (Lipinski definition) is 2. The Morgan fingerprint density at radius 1 is 1.40 bits per heavy atom. The van der Waals surface area contributed by atoms with Crippen LogP contribution in [0, 0.1) is 5.92 Å². The highest BCUT2D eigenvalue weighted by atomic mass is 16.7. The van der Waals surface area contributed by atoms with Crippen LogP contribution in [0.25, 0.3) is 0 Å². The topological polar surface area (TPSA) is 58.9 Å². The standard InChI is InChI=1S/C6H12O4/c1-4-2-9-3-10-6(8)5(4)7/h4-8H,2-3H2,1H3. The van der Waals surface area contributed by atoms with Crippen molar-refractivity contribution in [2.24, 2.45) is 5.92 Å². The van der Waals surface area contributed by atoms with Crippen molar-refractivity contribution in [1.82, 2.24) is 0 Å². The molecule has 1 rings (SSSR count). The van der Waals surface area contributed by atoms with Gasteiger partial charge in [-0.05, 0) is 0 Å². The van der Waals surface area contributed by atoms with Crippen molar-refractivity contribution < 1.29 is 19.7 Å². The monoisotopic (exact) mass is 148 g/mol. The summed E-state index contributed by atoms with van der Waals surface area (Å²) in [7, 11) is 0. The second-order valence-corrected chi connectivity index (χ2v) is 2.51. The third-order valence-corrected chi connectivity index (χ3v) is 1.58. The molecule has 4 heteroatoms. The molecule has 60 valence electrons. The molecule has 1 saturated heterocycles. The molecular formula is C6H12O4. The summed E-state index contributed by atoms with van der Waals surface area (Å²) in [6, 6.07) is 0. The second-order valence-electron chi connectivity index (χ2n) is 2.51. The summed E-state index contributed by atoms with van der Waals surface area (Å²) in [4.78, 5) is 0. The van der Waals surface area contributed by atoms with Crippen LogP contribution in [0.2, 0.25) is 0 Å². The number of aliphatic hydroxyl groups excluding tert-OH is 2. The molecule has 3 unspecified atom stereocenters. The van der Waals surface area contributed by atoms with Crippen LogP contribution in [0.15, 0.2) is 0 Å². The summed E-state index contributed by atoms with van der Waals surface area (Å²) >= 11 is 0. The molecule has 3 atom stereocenters. The van der Waals surface area contributed by atoms with E-state index in [1.54, 1.807) is 6.92 Å². The molecule has 1 fully saturated rings. The summed E-state index contributed by atoms with van der Waals surface area (Å²) in [6.45, 7) is 2.28. The lowest BCUT2D eigenvalue weighted by Gasteiger charge is -2.17. The van der Waals surface area contributed by atoms with E-state index in [1.807, 2.05) is 0 Å². The Morgan fingerprint density at radius 3 is 2.80 bits per heavy atom. The van der Waals surface area contributed by atoms with Crippen LogP contribution in [0.5, 0.6) is 0 Å². The van der Waals surface area contributed by atoms with E-state index < -0.39 is 12.4 Å². The Balaban J connectivity index is 2.46. The highest BCUT2D eigenvalue weighted by molar-refractivity contribution is 4.67. The van der Waals surface area contributed by atoms with Crippen molar-refractivity contribution >= 4 is 0 Å². The van der Waals surface area contributed by atoms with E-state index >= 15 is 0 Å². The van der Waals surface area contributed by atoms with Gasteiger partial charge in [-0.3, -0.25) is 0 Å². The summed E-state index contributed by atoms with van der Waals surface area (Å²) in [5.74, 6) is -0.0718. The van der Waals surface area contributed by atoms with Crippen molar-refractivity contribution in [3.63, 3.8) is 0 Å². The van der Waals surface area contributed by atoms with E-state index in [-0.39, 0.29) is 12.7 Å². The van der Waals surface area contributed by atoms with E-state index in [0.717, 1.165) is 0 Å². The van der Waals surface area contributed by atoms with Gasteiger partial charge in [-0.1, -0.05) is 6.92 Å². The summed E-state index contributed by atoms with van der Waals surface area (Å²) in [6.07, 6.45) is -1.93. The Morgan fingerprint density at radius 2 is 2.10 bits per heavy atom. The molecular weight excluding hydrogens is 136 g/mol. The van der Waals surface area contributed by atoms with E-state index in [9.17, 15) is 5.11 Å². The maximum atomic E-state index is 9.17. The summed E-state index contributed by atoms with van der Waals surface area (Å²) in [5.41, 5.74) is 0. The number of aliphatic hydroxyl groups is 2. The minimum absolute atomic E-state index is 0.0581. The molecule has 0 aromatic rings. The first-order valence-electron chi connectivity index (χ1n) is 3.27. The summed E-state index contributed by atoms with van der Waals surface area (Å²) < 4.78 is 9.57. The number of rotatable bonds is 0. The van der Waals surface area contributed by atoms with E-state index in [2.05, 4.69) is 4.74 Å². The van der Waals surface area contributed by atoms with Crippen molar-refractivity contribution in [1.29, 1.82) is 0 Å². The Bertz CT molecular complexity index is 93.9. The van der Waals surface area contributed by atoms with Gasteiger partial charge in [0.05, 0.1) is 6.61 Å². The highest BCUT2D eigenvalue weighted by Crippen LogP contribution is 2.12. The minimum Gasteiger partial charge on any atom is -0.387 e. The van der Waals surface area contributed by atoms with Crippen LogP contribution in [0.3, 0.4) is 0 Å². The quantitative estimate of drug-likeness (QED) is 0.477. The Labute approximate surface area is 59.4 Å². The van der Waals surface area contributed by atoms with Gasteiger partial charge in [-0.15, -0.1) is 0 Å². The zero-order valence-corrected chi connectivity index (χ0v) is 5.86. The minimum atomic E-state index is -1.10. The molecule has 2 N–H and O–H groups in total. The lowest BCUT2D eigenvalue weighted by atomic mass is 10.1. The normalized spacial score (nSPS) is 42.9. The maximum absolute atomic E-state index is 9.17. The average Bonchev–Trinajstić information content (AvgIpc) is 2.04. The molecule has 0 spiro atoms. The second kappa shape index (κ2) is 3.30. The third-order valence-electron chi connectivity index (χ3n) is 1.58. The van der Waals surface area contributed by atoms with Gasteiger partial charge in [0.25, 0.3) is 0 Å². The molecule has 0 aliphatic carbocycles. The Kier molecular flexibility index (Phi) is 2.62. The van der Waals surface area contributed by atoms with Crippen LogP contribution in [0.4, 0.5) is 0 Å². The molecule has 0 saturated carbocycles. The van der Waals surface area contributed by atoms with E-state index in [0.29, 0.717) is 6.61 Å². The molecule has 10 heavy (non-hydrogen) atoms. The van der Waals surface area contributed by atoms with Gasteiger partial charge in [0, 0.05) is 5.92 Å². The van der Waals surface area contributed by atoms with Crippen molar-refractivity contribution in [2.45, 2.75) is 19.3 Å². The van der Waals surface area contributed by atoms with Gasteiger partial charge in [0.2, 0.25) is 0 Å². The van der Waals surface area contributed by atoms with Gasteiger partial charge in [0.1, 0.15) is 12.9 Å². The fourth-order valence-corrected chi connectivity index (χ4v) is 0.830. The van der Waals surface area contributed by atoms with Gasteiger partial charge >= 0.3 is 0 Å². The first-order valence-corrected chi connectivity index (χ1v) is 3.27. The van der Waals surface area contributed by atoms with Gasteiger partial charge < -0.3 is 19.7 Å². The Hall–Kier alpha value is -0.160. The highest BCUT2D eigenvalue weighted by Gasteiger charge is 2.26. The van der Waals surface area contributed by atoms with Crippen LogP contribution < -0.4 is 0 Å². The van der Waals surface area contributed by atoms with Crippen LogP contribution >= 0.6 is 0 Å². The molecule has 1 heterocycles. The van der Waals surface area contributed by atoms with Crippen molar-refractivity contribution in [3.05, 3.63) is 0 Å². The number of ether oxygens (including phenoxy) is 2. The van der Waals surface area contributed by atoms with Crippen molar-refractivity contribution in [3.8, 4) is 0 Å². The van der Waals surface area contributed by atoms with E-state index in [1.165, 1.54) is 0 Å². The predicted molar refractivity (Wildman–Crippen MR) is 33.1 cm³/mol. The third kappa shape index (κ3) is 1.67. The van der Waals surface area contributed by atoms with Gasteiger partial charge in [-0.2, -0.15) is 0 Å². The fourth-order valence-electron chi connectivity index (χ4n) is 0.830. The van der Waals surface area contributed by atoms with Crippen LogP contribution in [-0.4, -0.2) is 36.0 Å². The molecule has 1 aliphatic heterocycles. The molecule has 0 radical (unpaired) electrons. The zero-order chi connectivity index (χ0) is 7.56. The molecule has 4 nitrogen and oxygen atoms in total. The number of hydrogen-bond acceptors (Lipinski definition) is 4. The lowest BCUT2D eigenvalue weighted by molar-refractivity contribution is -0.187. The molecule has 0 bridgehead atoms. The van der Waals surface area contributed by atoms with Gasteiger partial charge in [0.15, 0.2) is 6.29 Å². The molecule has 0 amide bonds. The van der Waals surface area contributed by atoms with Crippen LogP contribution in [-0.2, 0) is 9.47 Å². The first-order chi connectivity index (χ1) is 4.72. The fraction of sp³-hybridized carbons (Fsp3) is 1.00. The molecule has 0 aromatic carbocycles. The summed E-state index contributed by atoms with van der Waals surface area (Å²) in [5, 5.41) is 18.1. The predicted octanol–water partition coefficient (Wildman–Crippen LogP) is -0.694.